The van der Waals surface area contributed by atoms with Gasteiger partial charge in [0.05, 0.1) is 16.5 Å². The maximum Gasteiger partial charge on any atom is 0.338 e. The van der Waals surface area contributed by atoms with Gasteiger partial charge in [0, 0.05) is 17.8 Å². The number of nitrogens with one attached hydrogen (secondary N) is 2. The van der Waals surface area contributed by atoms with E-state index >= 15 is 0 Å². The van der Waals surface area contributed by atoms with E-state index in [2.05, 4.69) is 10.6 Å². The van der Waals surface area contributed by atoms with E-state index < -0.39 is 23.0 Å². The third kappa shape index (κ3) is 4.86. The Morgan fingerprint density at radius 1 is 1.21 bits per heavy atom. The lowest BCUT2D eigenvalue weighted by molar-refractivity contribution is -0.384. The summed E-state index contributed by atoms with van der Waals surface area (Å²) in [6.45, 7) is 1.62. The first-order valence-electron chi connectivity index (χ1n) is 8.87. The predicted molar refractivity (Wildman–Crippen MR) is 107 cm³/mol. The summed E-state index contributed by atoms with van der Waals surface area (Å²) >= 11 is 0. The number of carbonyl (C=O) groups is 2. The SMILES string of the molecule is CC1=C(C(=O)OC/C=C/c2ccccc2)C(c2cccc([N+](=O)[O-])c2)NC(=O)N1. The molecule has 1 unspecified atom stereocenters. The summed E-state index contributed by atoms with van der Waals surface area (Å²) in [5.41, 5.74) is 1.78. The Morgan fingerprint density at radius 2 is 1.97 bits per heavy atom. The lowest BCUT2D eigenvalue weighted by Crippen LogP contribution is -2.45. The molecule has 8 nitrogen and oxygen atoms in total. The third-order valence-electron chi connectivity index (χ3n) is 4.32. The molecule has 0 aromatic heterocycles. The molecular weight excluding hydrogens is 374 g/mol. The molecule has 1 atom stereocenters. The molecule has 0 fully saturated rings. The van der Waals surface area contributed by atoms with Crippen molar-refractivity contribution >= 4 is 23.8 Å². The van der Waals surface area contributed by atoms with E-state index in [9.17, 15) is 19.7 Å². The largest absolute Gasteiger partial charge is 0.458 e. The van der Waals surface area contributed by atoms with Crippen LogP contribution in [-0.4, -0.2) is 23.5 Å². The molecule has 0 saturated heterocycles. The molecule has 0 aliphatic carbocycles. The molecule has 3 rings (SSSR count). The molecule has 2 amide bonds. The standard InChI is InChI=1S/C21H19N3O5/c1-14-18(20(25)29-12-6-9-15-7-3-2-4-8-15)19(23-21(26)22-14)16-10-5-11-17(13-16)24(27)28/h2-11,13,19H,12H2,1H3,(H2,22,23,26)/b9-6+. The lowest BCUT2D eigenvalue weighted by atomic mass is 9.95. The second kappa shape index (κ2) is 8.83. The van der Waals surface area contributed by atoms with E-state index in [1.165, 1.54) is 18.2 Å². The van der Waals surface area contributed by atoms with Gasteiger partial charge in [0.15, 0.2) is 0 Å². The Bertz CT molecular complexity index is 998. The van der Waals surface area contributed by atoms with Gasteiger partial charge in [-0.1, -0.05) is 48.5 Å². The fourth-order valence-corrected chi connectivity index (χ4v) is 2.98. The van der Waals surface area contributed by atoms with Crippen LogP contribution >= 0.6 is 0 Å². The minimum atomic E-state index is -0.853. The summed E-state index contributed by atoms with van der Waals surface area (Å²) in [4.78, 5) is 35.1. The number of nitro benzene ring substituents is 1. The van der Waals surface area contributed by atoms with Gasteiger partial charge in [-0.05, 0) is 24.1 Å². The quantitative estimate of drug-likeness (QED) is 0.443. The number of ether oxygens (including phenoxy) is 1. The van der Waals surface area contributed by atoms with Crippen LogP contribution in [0.4, 0.5) is 10.5 Å². The molecule has 2 N–H and O–H groups in total. The first-order chi connectivity index (χ1) is 14.0. The van der Waals surface area contributed by atoms with Crippen LogP contribution in [0, 0.1) is 10.1 Å². The van der Waals surface area contributed by atoms with E-state index in [4.69, 9.17) is 4.74 Å². The summed E-state index contributed by atoms with van der Waals surface area (Å²) in [6.07, 6.45) is 3.54. The van der Waals surface area contributed by atoms with E-state index in [-0.39, 0.29) is 17.9 Å². The van der Waals surface area contributed by atoms with Crippen molar-refractivity contribution in [3.05, 3.63) is 93.2 Å². The molecular formula is C21H19N3O5. The number of urea groups is 1. The smallest absolute Gasteiger partial charge is 0.338 e. The van der Waals surface area contributed by atoms with E-state index in [0.717, 1.165) is 5.56 Å². The molecule has 8 heteroatoms. The van der Waals surface area contributed by atoms with Gasteiger partial charge in [-0.25, -0.2) is 9.59 Å². The van der Waals surface area contributed by atoms with Gasteiger partial charge in [0.25, 0.3) is 5.69 Å². The molecule has 1 heterocycles. The highest BCUT2D eigenvalue weighted by Gasteiger charge is 2.32. The first-order valence-corrected chi connectivity index (χ1v) is 8.87. The van der Waals surface area contributed by atoms with E-state index in [1.54, 1.807) is 19.1 Å². The van der Waals surface area contributed by atoms with Crippen molar-refractivity contribution in [2.24, 2.45) is 0 Å². The van der Waals surface area contributed by atoms with Gasteiger partial charge in [0.2, 0.25) is 0 Å². The van der Waals surface area contributed by atoms with Crippen molar-refractivity contribution in [2.75, 3.05) is 6.61 Å². The number of rotatable bonds is 6. The number of hydrogen-bond acceptors (Lipinski definition) is 5. The zero-order valence-electron chi connectivity index (χ0n) is 15.6. The monoisotopic (exact) mass is 393 g/mol. The number of nitrogens with zero attached hydrogens (tertiary/aromatic N) is 1. The summed E-state index contributed by atoms with van der Waals surface area (Å²) < 4.78 is 5.33. The van der Waals surface area contributed by atoms with Crippen molar-refractivity contribution in [3.8, 4) is 0 Å². The third-order valence-corrected chi connectivity index (χ3v) is 4.32. The zero-order valence-corrected chi connectivity index (χ0v) is 15.6. The van der Waals surface area contributed by atoms with Crippen LogP contribution in [0.2, 0.25) is 0 Å². The number of nitro groups is 1. The predicted octanol–water partition coefficient (Wildman–Crippen LogP) is 3.48. The second-order valence-corrected chi connectivity index (χ2v) is 6.33. The fraction of sp³-hybridized carbons (Fsp3) is 0.143. The number of esters is 1. The van der Waals surface area contributed by atoms with Crippen molar-refractivity contribution in [1.29, 1.82) is 0 Å². The average molecular weight is 393 g/mol. The first kappa shape index (κ1) is 19.8. The van der Waals surface area contributed by atoms with Crippen LogP contribution in [0.1, 0.15) is 24.1 Å². The van der Waals surface area contributed by atoms with Crippen LogP contribution in [0.15, 0.2) is 71.9 Å². The maximum atomic E-state index is 12.7. The van der Waals surface area contributed by atoms with Gasteiger partial charge >= 0.3 is 12.0 Å². The Morgan fingerprint density at radius 3 is 2.69 bits per heavy atom. The molecule has 1 aliphatic heterocycles. The number of carbonyl (C=O) groups excluding carboxylic acids is 2. The van der Waals surface area contributed by atoms with Gasteiger partial charge in [-0.3, -0.25) is 10.1 Å². The number of amides is 2. The van der Waals surface area contributed by atoms with Crippen molar-refractivity contribution in [2.45, 2.75) is 13.0 Å². The Hall–Kier alpha value is -3.94. The minimum Gasteiger partial charge on any atom is -0.458 e. The summed E-state index contributed by atoms with van der Waals surface area (Å²) in [6, 6.07) is 14.0. The van der Waals surface area contributed by atoms with E-state index in [1.807, 2.05) is 36.4 Å². The normalized spacial score (nSPS) is 16.3. The van der Waals surface area contributed by atoms with Crippen molar-refractivity contribution < 1.29 is 19.2 Å². The molecule has 0 spiro atoms. The molecule has 0 bridgehead atoms. The Balaban J connectivity index is 1.78. The van der Waals surface area contributed by atoms with Crippen LogP contribution in [0.5, 0.6) is 0 Å². The number of non-ortho nitro benzene ring substituents is 1. The number of benzene rings is 2. The van der Waals surface area contributed by atoms with Crippen molar-refractivity contribution in [3.63, 3.8) is 0 Å². The van der Waals surface area contributed by atoms with E-state index in [0.29, 0.717) is 11.3 Å². The average Bonchev–Trinajstić information content (AvgIpc) is 2.71. The van der Waals surface area contributed by atoms with Gasteiger partial charge in [-0.2, -0.15) is 0 Å². The minimum absolute atomic E-state index is 0.0418. The Kier molecular flexibility index (Phi) is 6.03. The van der Waals surface area contributed by atoms with Gasteiger partial charge < -0.3 is 15.4 Å². The summed E-state index contributed by atoms with van der Waals surface area (Å²) in [5, 5.41) is 16.2. The second-order valence-electron chi connectivity index (χ2n) is 6.33. The molecule has 2 aromatic carbocycles. The maximum absolute atomic E-state index is 12.7. The fourth-order valence-electron chi connectivity index (χ4n) is 2.98. The number of allylic oxidation sites excluding steroid dienone is 1. The molecule has 0 saturated carbocycles. The molecule has 0 radical (unpaired) electrons. The number of hydrogen-bond donors (Lipinski definition) is 2. The van der Waals surface area contributed by atoms with Gasteiger partial charge in [-0.15, -0.1) is 0 Å². The molecule has 29 heavy (non-hydrogen) atoms. The van der Waals surface area contributed by atoms with Crippen LogP contribution in [0.3, 0.4) is 0 Å². The topological polar surface area (TPSA) is 111 Å². The Labute approximate surface area is 167 Å². The summed E-state index contributed by atoms with van der Waals surface area (Å²) in [5.74, 6) is -0.621. The highest BCUT2D eigenvalue weighted by molar-refractivity contribution is 5.95. The molecule has 2 aromatic rings. The van der Waals surface area contributed by atoms with Crippen LogP contribution < -0.4 is 10.6 Å². The van der Waals surface area contributed by atoms with Crippen molar-refractivity contribution in [1.82, 2.24) is 10.6 Å². The highest BCUT2D eigenvalue weighted by atomic mass is 16.6. The zero-order chi connectivity index (χ0) is 20.8. The highest BCUT2D eigenvalue weighted by Crippen LogP contribution is 2.29. The molecule has 1 aliphatic rings. The molecule has 148 valence electrons. The van der Waals surface area contributed by atoms with Gasteiger partial charge in [0.1, 0.15) is 6.61 Å². The lowest BCUT2D eigenvalue weighted by Gasteiger charge is -2.27. The van der Waals surface area contributed by atoms with Crippen LogP contribution in [0.25, 0.3) is 6.08 Å². The van der Waals surface area contributed by atoms with Crippen LogP contribution in [-0.2, 0) is 9.53 Å². The summed E-state index contributed by atoms with van der Waals surface area (Å²) in [7, 11) is 0.